The Bertz CT molecular complexity index is 1100. The van der Waals surface area contributed by atoms with Crippen LogP contribution >= 0.6 is 34.8 Å². The standard InChI is InChI=1S/C22H20Cl3FN4O2/c23-15-4-5-21(18(25)12-15)32-14-30-7-6-20(27-30)22(31)29-10-8-28(9-11-29)13-16-17(24)2-1-3-19(16)26/h1-7,12H,8-11,13-14H2. The number of benzene rings is 2. The highest BCUT2D eigenvalue weighted by Gasteiger charge is 2.24. The predicted octanol–water partition coefficient (Wildman–Crippen LogP) is 4.98. The summed E-state index contributed by atoms with van der Waals surface area (Å²) >= 11 is 18.1. The maximum absolute atomic E-state index is 14.0. The zero-order chi connectivity index (χ0) is 22.7. The van der Waals surface area contributed by atoms with Crippen molar-refractivity contribution >= 4 is 40.7 Å². The molecular formula is C22H20Cl3FN4O2. The Kier molecular flexibility index (Phi) is 7.20. The first-order valence-electron chi connectivity index (χ1n) is 9.96. The van der Waals surface area contributed by atoms with Gasteiger partial charge in [0.15, 0.2) is 12.4 Å². The molecule has 0 saturated carbocycles. The minimum Gasteiger partial charge on any atom is -0.470 e. The number of carbonyl (C=O) groups is 1. The Labute approximate surface area is 200 Å². The molecule has 0 aliphatic carbocycles. The molecule has 168 valence electrons. The van der Waals surface area contributed by atoms with E-state index in [1.807, 2.05) is 0 Å². The van der Waals surface area contributed by atoms with E-state index < -0.39 is 0 Å². The second-order valence-corrected chi connectivity index (χ2v) is 8.61. The lowest BCUT2D eigenvalue weighted by molar-refractivity contribution is 0.0619. The lowest BCUT2D eigenvalue weighted by Crippen LogP contribution is -2.48. The maximum atomic E-state index is 14.0. The van der Waals surface area contributed by atoms with Crippen molar-refractivity contribution in [3.8, 4) is 5.75 Å². The molecule has 0 radical (unpaired) electrons. The van der Waals surface area contributed by atoms with Gasteiger partial charge in [-0.3, -0.25) is 9.69 Å². The summed E-state index contributed by atoms with van der Waals surface area (Å²) in [7, 11) is 0. The summed E-state index contributed by atoms with van der Waals surface area (Å²) in [6.07, 6.45) is 1.67. The van der Waals surface area contributed by atoms with Crippen molar-refractivity contribution < 1.29 is 13.9 Å². The number of amides is 1. The molecule has 3 aromatic rings. The van der Waals surface area contributed by atoms with Crippen LogP contribution in [0, 0.1) is 5.82 Å². The molecular weight excluding hydrogens is 478 g/mol. The van der Waals surface area contributed by atoms with Crippen LogP contribution in [0.1, 0.15) is 16.1 Å². The second-order valence-electron chi connectivity index (χ2n) is 7.36. The van der Waals surface area contributed by atoms with Gasteiger partial charge in [0.05, 0.1) is 5.02 Å². The van der Waals surface area contributed by atoms with Crippen molar-refractivity contribution in [1.82, 2.24) is 19.6 Å². The van der Waals surface area contributed by atoms with Gasteiger partial charge in [-0.25, -0.2) is 9.07 Å². The van der Waals surface area contributed by atoms with E-state index in [1.165, 1.54) is 10.7 Å². The Hall–Kier alpha value is -2.32. The lowest BCUT2D eigenvalue weighted by Gasteiger charge is -2.34. The van der Waals surface area contributed by atoms with E-state index in [0.29, 0.717) is 64.8 Å². The van der Waals surface area contributed by atoms with Gasteiger partial charge < -0.3 is 9.64 Å². The minimum atomic E-state index is -0.316. The fraction of sp³-hybridized carbons (Fsp3) is 0.273. The molecule has 4 rings (SSSR count). The highest BCUT2D eigenvalue weighted by Crippen LogP contribution is 2.27. The number of hydrogen-bond acceptors (Lipinski definition) is 4. The Morgan fingerprint density at radius 2 is 1.81 bits per heavy atom. The SMILES string of the molecule is O=C(c1ccn(COc2ccc(Cl)cc2Cl)n1)N1CCN(Cc2c(F)cccc2Cl)CC1. The average Bonchev–Trinajstić information content (AvgIpc) is 3.25. The topological polar surface area (TPSA) is 50.6 Å². The van der Waals surface area contributed by atoms with Crippen molar-refractivity contribution in [2.24, 2.45) is 0 Å². The Morgan fingerprint density at radius 3 is 2.53 bits per heavy atom. The van der Waals surface area contributed by atoms with Crippen molar-refractivity contribution in [3.05, 3.63) is 80.8 Å². The highest BCUT2D eigenvalue weighted by molar-refractivity contribution is 6.35. The van der Waals surface area contributed by atoms with Crippen LogP contribution in [0.5, 0.6) is 5.75 Å². The molecule has 6 nitrogen and oxygen atoms in total. The quantitative estimate of drug-likeness (QED) is 0.482. The van der Waals surface area contributed by atoms with Gasteiger partial charge >= 0.3 is 0 Å². The first-order valence-corrected chi connectivity index (χ1v) is 11.1. The Morgan fingerprint density at radius 1 is 1.03 bits per heavy atom. The molecule has 32 heavy (non-hydrogen) atoms. The number of nitrogens with zero attached hydrogens (tertiary/aromatic N) is 4. The molecule has 0 N–H and O–H groups in total. The van der Waals surface area contributed by atoms with Gasteiger partial charge in [0.2, 0.25) is 0 Å². The summed E-state index contributed by atoms with van der Waals surface area (Å²) in [5.41, 5.74) is 0.815. The van der Waals surface area contributed by atoms with E-state index >= 15 is 0 Å². The molecule has 0 unspecified atom stereocenters. The molecule has 0 atom stereocenters. The molecule has 1 fully saturated rings. The van der Waals surface area contributed by atoms with Crippen molar-refractivity contribution in [1.29, 1.82) is 0 Å². The van der Waals surface area contributed by atoms with E-state index in [9.17, 15) is 9.18 Å². The average molecular weight is 498 g/mol. The summed E-state index contributed by atoms with van der Waals surface area (Å²) < 4.78 is 21.2. The minimum absolute atomic E-state index is 0.103. The number of aromatic nitrogens is 2. The number of carbonyl (C=O) groups excluding carboxylic acids is 1. The molecule has 10 heteroatoms. The van der Waals surface area contributed by atoms with Crippen LogP contribution in [0.4, 0.5) is 4.39 Å². The molecule has 1 aromatic heterocycles. The van der Waals surface area contributed by atoms with Crippen LogP contribution in [-0.2, 0) is 13.3 Å². The molecule has 1 aliphatic heterocycles. The first-order chi connectivity index (χ1) is 15.4. The third-order valence-electron chi connectivity index (χ3n) is 5.21. The predicted molar refractivity (Wildman–Crippen MR) is 122 cm³/mol. The largest absolute Gasteiger partial charge is 0.470 e. The number of piperazine rings is 1. The molecule has 1 aliphatic rings. The number of hydrogen-bond donors (Lipinski definition) is 0. The molecule has 2 heterocycles. The van der Waals surface area contributed by atoms with Crippen LogP contribution in [0.2, 0.25) is 15.1 Å². The monoisotopic (exact) mass is 496 g/mol. The number of ether oxygens (including phenoxy) is 1. The van der Waals surface area contributed by atoms with Gasteiger partial charge in [-0.15, -0.1) is 0 Å². The van der Waals surface area contributed by atoms with Gasteiger partial charge in [0.25, 0.3) is 5.91 Å². The maximum Gasteiger partial charge on any atom is 0.274 e. The molecule has 0 spiro atoms. The molecule has 1 saturated heterocycles. The summed E-state index contributed by atoms with van der Waals surface area (Å²) in [5.74, 6) is 0.00558. The van der Waals surface area contributed by atoms with Crippen molar-refractivity contribution in [2.45, 2.75) is 13.3 Å². The first kappa shape index (κ1) is 22.9. The van der Waals surface area contributed by atoms with Crippen LogP contribution in [0.25, 0.3) is 0 Å². The van der Waals surface area contributed by atoms with Crippen LogP contribution in [0.15, 0.2) is 48.7 Å². The number of rotatable bonds is 6. The van der Waals surface area contributed by atoms with Crippen LogP contribution in [-0.4, -0.2) is 51.7 Å². The Balaban J connectivity index is 1.30. The van der Waals surface area contributed by atoms with E-state index in [0.717, 1.165) is 0 Å². The van der Waals surface area contributed by atoms with Crippen LogP contribution in [0.3, 0.4) is 0 Å². The van der Waals surface area contributed by atoms with Crippen molar-refractivity contribution in [2.75, 3.05) is 26.2 Å². The lowest BCUT2D eigenvalue weighted by atomic mass is 10.1. The molecule has 0 bridgehead atoms. The number of halogens is 4. The van der Waals surface area contributed by atoms with Gasteiger partial charge in [0.1, 0.15) is 11.6 Å². The summed E-state index contributed by atoms with van der Waals surface area (Å²) in [4.78, 5) is 16.6. The van der Waals surface area contributed by atoms with E-state index in [1.54, 1.807) is 47.5 Å². The summed E-state index contributed by atoms with van der Waals surface area (Å²) in [5, 5.41) is 5.64. The zero-order valence-electron chi connectivity index (χ0n) is 17.0. The molecule has 2 aromatic carbocycles. The van der Waals surface area contributed by atoms with Crippen molar-refractivity contribution in [3.63, 3.8) is 0 Å². The van der Waals surface area contributed by atoms with E-state index in [-0.39, 0.29) is 18.5 Å². The fourth-order valence-electron chi connectivity index (χ4n) is 3.45. The van der Waals surface area contributed by atoms with Gasteiger partial charge in [-0.2, -0.15) is 5.10 Å². The van der Waals surface area contributed by atoms with Crippen LogP contribution < -0.4 is 4.74 Å². The zero-order valence-corrected chi connectivity index (χ0v) is 19.2. The third-order valence-corrected chi connectivity index (χ3v) is 6.09. The normalized spacial score (nSPS) is 14.6. The second kappa shape index (κ2) is 10.1. The molecule has 1 amide bonds. The highest BCUT2D eigenvalue weighted by atomic mass is 35.5. The van der Waals surface area contributed by atoms with E-state index in [2.05, 4.69) is 10.00 Å². The fourth-order valence-corrected chi connectivity index (χ4v) is 4.14. The smallest absolute Gasteiger partial charge is 0.274 e. The van der Waals surface area contributed by atoms with Gasteiger partial charge in [-0.05, 0) is 36.4 Å². The third kappa shape index (κ3) is 5.35. The summed E-state index contributed by atoms with van der Waals surface area (Å²) in [6, 6.07) is 11.3. The van der Waals surface area contributed by atoms with Gasteiger partial charge in [-0.1, -0.05) is 40.9 Å². The van der Waals surface area contributed by atoms with Gasteiger partial charge in [0, 0.05) is 54.5 Å². The summed E-state index contributed by atoms with van der Waals surface area (Å²) in [6.45, 7) is 2.80. The van der Waals surface area contributed by atoms with E-state index in [4.69, 9.17) is 39.5 Å².